The number of amides is 1. The molecule has 0 saturated carbocycles. The summed E-state index contributed by atoms with van der Waals surface area (Å²) in [6, 6.07) is 14.1. The van der Waals surface area contributed by atoms with Crippen LogP contribution in [0.4, 0.5) is 10.1 Å². The molecule has 2 aromatic carbocycles. The zero-order valence-electron chi connectivity index (χ0n) is 15.6. The zero-order valence-corrected chi connectivity index (χ0v) is 16.4. The van der Waals surface area contributed by atoms with Gasteiger partial charge < -0.3 is 9.64 Å². The van der Waals surface area contributed by atoms with Gasteiger partial charge in [0.25, 0.3) is 0 Å². The van der Waals surface area contributed by atoms with E-state index in [1.807, 2.05) is 30.5 Å². The highest BCUT2D eigenvalue weighted by atomic mass is 32.1. The van der Waals surface area contributed by atoms with Crippen LogP contribution in [0.25, 0.3) is 0 Å². The monoisotopic (exact) mass is 396 g/mol. The first-order valence-electron chi connectivity index (χ1n) is 9.26. The summed E-state index contributed by atoms with van der Waals surface area (Å²) in [5.41, 5.74) is 3.78. The van der Waals surface area contributed by atoms with E-state index in [1.54, 1.807) is 28.4 Å². The van der Waals surface area contributed by atoms with Crippen molar-refractivity contribution in [2.45, 2.75) is 32.4 Å². The van der Waals surface area contributed by atoms with E-state index >= 15 is 0 Å². The summed E-state index contributed by atoms with van der Waals surface area (Å²) in [6.07, 6.45) is 0.829. The van der Waals surface area contributed by atoms with E-state index in [1.165, 1.54) is 17.7 Å². The van der Waals surface area contributed by atoms with Crippen molar-refractivity contribution in [2.24, 2.45) is 0 Å². The number of rotatable bonds is 5. The Labute approximate surface area is 167 Å². The maximum atomic E-state index is 13.4. The minimum Gasteiger partial charge on any atom is -0.373 e. The Bertz CT molecular complexity index is 971. The highest BCUT2D eigenvalue weighted by Gasteiger charge is 2.26. The lowest BCUT2D eigenvalue weighted by molar-refractivity contribution is -0.122. The second-order valence-corrected chi connectivity index (χ2v) is 7.89. The number of benzene rings is 2. The third kappa shape index (κ3) is 4.13. The normalized spacial score (nSPS) is 15.9. The molecule has 0 N–H and O–H groups in total. The molecule has 1 aliphatic heterocycles. The summed E-state index contributed by atoms with van der Waals surface area (Å²) in [5, 5.41) is 2.90. The molecule has 1 atom stereocenters. The van der Waals surface area contributed by atoms with Crippen LogP contribution in [0.2, 0.25) is 0 Å². The van der Waals surface area contributed by atoms with E-state index in [4.69, 9.17) is 4.74 Å². The van der Waals surface area contributed by atoms with E-state index in [0.29, 0.717) is 18.8 Å². The van der Waals surface area contributed by atoms with E-state index in [2.05, 4.69) is 11.1 Å². The number of aromatic nitrogens is 1. The Kier molecular flexibility index (Phi) is 5.50. The van der Waals surface area contributed by atoms with Crippen molar-refractivity contribution in [3.05, 3.63) is 81.6 Å². The molecule has 2 heterocycles. The van der Waals surface area contributed by atoms with E-state index in [-0.39, 0.29) is 24.2 Å². The van der Waals surface area contributed by atoms with Gasteiger partial charge in [0.15, 0.2) is 0 Å². The van der Waals surface area contributed by atoms with Crippen molar-refractivity contribution < 1.29 is 13.9 Å². The van der Waals surface area contributed by atoms with Crippen molar-refractivity contribution in [1.29, 1.82) is 0 Å². The number of hydrogen-bond donors (Lipinski definition) is 0. The van der Waals surface area contributed by atoms with Crippen molar-refractivity contribution in [1.82, 2.24) is 4.98 Å². The van der Waals surface area contributed by atoms with Gasteiger partial charge in [0.2, 0.25) is 5.91 Å². The number of nitrogens with zero attached hydrogens (tertiary/aromatic N) is 2. The first kappa shape index (κ1) is 18.8. The number of fused-ring (bicyclic) bond motifs is 1. The predicted octanol–water partition coefficient (Wildman–Crippen LogP) is 4.83. The molecule has 144 valence electrons. The lowest BCUT2D eigenvalue weighted by Crippen LogP contribution is -2.33. The maximum absolute atomic E-state index is 13.4. The fourth-order valence-electron chi connectivity index (χ4n) is 3.50. The number of hydrogen-bond acceptors (Lipinski definition) is 4. The van der Waals surface area contributed by atoms with Crippen LogP contribution in [-0.4, -0.2) is 17.5 Å². The molecule has 1 aromatic heterocycles. The van der Waals surface area contributed by atoms with Crippen molar-refractivity contribution in [3.8, 4) is 0 Å². The van der Waals surface area contributed by atoms with E-state index in [9.17, 15) is 9.18 Å². The average Bonchev–Trinajstić information content (AvgIpc) is 3.12. The van der Waals surface area contributed by atoms with Gasteiger partial charge in [0.1, 0.15) is 5.82 Å². The molecule has 0 spiro atoms. The standard InChI is InChI=1S/C22H21FN2O2S/c1-15-24-18(14-28-15)13-25(19-8-6-17(23)7-9-19)22(26)12-21-20-5-3-2-4-16(20)10-11-27-21/h2-9,14,21H,10-13H2,1H3. The number of carbonyl (C=O) groups excluding carboxylic acids is 1. The first-order valence-corrected chi connectivity index (χ1v) is 10.1. The first-order chi connectivity index (χ1) is 13.6. The Morgan fingerprint density at radius 1 is 1.25 bits per heavy atom. The summed E-state index contributed by atoms with van der Waals surface area (Å²) in [4.78, 5) is 19.4. The topological polar surface area (TPSA) is 42.4 Å². The van der Waals surface area contributed by atoms with E-state index < -0.39 is 0 Å². The molecule has 4 rings (SSSR count). The van der Waals surface area contributed by atoms with Crippen LogP contribution < -0.4 is 4.90 Å². The minimum atomic E-state index is -0.329. The van der Waals surface area contributed by atoms with Crippen LogP contribution in [0.3, 0.4) is 0 Å². The van der Waals surface area contributed by atoms with Gasteiger partial charge in [-0.05, 0) is 48.7 Å². The lowest BCUT2D eigenvalue weighted by atomic mass is 9.95. The third-order valence-corrected chi connectivity index (χ3v) is 5.70. The number of carbonyl (C=O) groups is 1. The Morgan fingerprint density at radius 2 is 2.04 bits per heavy atom. The van der Waals surface area contributed by atoms with Crippen molar-refractivity contribution in [2.75, 3.05) is 11.5 Å². The molecule has 3 aromatic rings. The number of anilines is 1. The maximum Gasteiger partial charge on any atom is 0.230 e. The summed E-state index contributed by atoms with van der Waals surface area (Å²) in [7, 11) is 0. The Hall–Kier alpha value is -2.57. The summed E-state index contributed by atoms with van der Waals surface area (Å²) < 4.78 is 19.3. The molecule has 0 aliphatic carbocycles. The highest BCUT2D eigenvalue weighted by Crippen LogP contribution is 2.31. The fraction of sp³-hybridized carbons (Fsp3) is 0.273. The smallest absolute Gasteiger partial charge is 0.230 e. The van der Waals surface area contributed by atoms with Gasteiger partial charge in [0, 0.05) is 11.1 Å². The molecular weight excluding hydrogens is 375 g/mol. The van der Waals surface area contributed by atoms with Gasteiger partial charge in [-0.3, -0.25) is 4.79 Å². The molecule has 0 bridgehead atoms. The van der Waals surface area contributed by atoms with Crippen LogP contribution in [-0.2, 0) is 22.5 Å². The largest absolute Gasteiger partial charge is 0.373 e. The van der Waals surface area contributed by atoms with Crippen molar-refractivity contribution >= 4 is 22.9 Å². The number of ether oxygens (including phenoxy) is 1. The average molecular weight is 396 g/mol. The minimum absolute atomic E-state index is 0.0704. The van der Waals surface area contributed by atoms with Crippen LogP contribution >= 0.6 is 11.3 Å². The second kappa shape index (κ2) is 8.20. The number of thiazole rings is 1. The molecule has 1 aliphatic rings. The van der Waals surface area contributed by atoms with Gasteiger partial charge in [-0.25, -0.2) is 9.37 Å². The molecule has 1 unspecified atom stereocenters. The molecule has 0 saturated heterocycles. The molecule has 28 heavy (non-hydrogen) atoms. The number of aryl methyl sites for hydroxylation is 1. The molecule has 1 amide bonds. The molecule has 4 nitrogen and oxygen atoms in total. The SMILES string of the molecule is Cc1nc(CN(C(=O)CC2OCCc3ccccc32)c2ccc(F)cc2)cs1. The Morgan fingerprint density at radius 3 is 2.79 bits per heavy atom. The van der Waals surface area contributed by atoms with Gasteiger partial charge in [-0.15, -0.1) is 11.3 Å². The van der Waals surface area contributed by atoms with E-state index in [0.717, 1.165) is 22.7 Å². The molecule has 6 heteroatoms. The van der Waals surface area contributed by atoms with Gasteiger partial charge in [-0.2, -0.15) is 0 Å². The lowest BCUT2D eigenvalue weighted by Gasteiger charge is -2.28. The quantitative estimate of drug-likeness (QED) is 0.620. The number of halogens is 1. The fourth-order valence-corrected chi connectivity index (χ4v) is 4.11. The van der Waals surface area contributed by atoms with Gasteiger partial charge in [-0.1, -0.05) is 24.3 Å². The molecule has 0 radical (unpaired) electrons. The summed E-state index contributed by atoms with van der Waals surface area (Å²) in [5.74, 6) is -0.399. The van der Waals surface area contributed by atoms with Crippen LogP contribution in [0, 0.1) is 12.7 Å². The van der Waals surface area contributed by atoms with Gasteiger partial charge >= 0.3 is 0 Å². The second-order valence-electron chi connectivity index (χ2n) is 6.83. The van der Waals surface area contributed by atoms with Gasteiger partial charge in [0.05, 0.1) is 36.4 Å². The predicted molar refractivity (Wildman–Crippen MR) is 108 cm³/mol. The summed E-state index contributed by atoms with van der Waals surface area (Å²) >= 11 is 1.55. The van der Waals surface area contributed by atoms with Crippen molar-refractivity contribution in [3.63, 3.8) is 0 Å². The Balaban J connectivity index is 1.59. The molecular formula is C22H21FN2O2S. The summed E-state index contributed by atoms with van der Waals surface area (Å²) in [6.45, 7) is 2.89. The molecule has 0 fully saturated rings. The zero-order chi connectivity index (χ0) is 19.5. The van der Waals surface area contributed by atoms with Crippen LogP contribution in [0.5, 0.6) is 0 Å². The van der Waals surface area contributed by atoms with Crippen LogP contribution in [0.15, 0.2) is 53.9 Å². The third-order valence-electron chi connectivity index (χ3n) is 4.88. The highest BCUT2D eigenvalue weighted by molar-refractivity contribution is 7.09. The van der Waals surface area contributed by atoms with Crippen LogP contribution in [0.1, 0.15) is 34.4 Å².